The van der Waals surface area contributed by atoms with Gasteiger partial charge in [0.15, 0.2) is 11.5 Å². The number of rotatable bonds is 4. The molecule has 1 aliphatic heterocycles. The molecule has 1 aliphatic rings. The fraction of sp³-hybridized carbons (Fsp3) is 0.409. The van der Waals surface area contributed by atoms with Gasteiger partial charge < -0.3 is 9.30 Å². The maximum Gasteiger partial charge on any atom is 0.182 e. The van der Waals surface area contributed by atoms with Gasteiger partial charge >= 0.3 is 0 Å². The summed E-state index contributed by atoms with van der Waals surface area (Å²) in [5.41, 5.74) is 6.58. The van der Waals surface area contributed by atoms with Crippen molar-refractivity contribution in [3.05, 3.63) is 47.4 Å². The Morgan fingerprint density at radius 1 is 0.966 bits per heavy atom. The topological polar surface area (TPSA) is 60.5 Å². The molecular weight excluding hydrogens is 364 g/mol. The summed E-state index contributed by atoms with van der Waals surface area (Å²) in [6.45, 7) is 12.0. The van der Waals surface area contributed by atoms with Gasteiger partial charge in [0.05, 0.1) is 18.6 Å². The molecule has 7 heteroatoms. The van der Waals surface area contributed by atoms with Gasteiger partial charge in [-0.1, -0.05) is 29.8 Å². The van der Waals surface area contributed by atoms with Crippen LogP contribution >= 0.6 is 0 Å². The average Bonchev–Trinajstić information content (AvgIpc) is 3.27. The van der Waals surface area contributed by atoms with Crippen LogP contribution in [-0.4, -0.2) is 61.9 Å². The minimum atomic E-state index is 0.734. The summed E-state index contributed by atoms with van der Waals surface area (Å²) in [4.78, 5) is 12.1. The largest absolute Gasteiger partial charge is 0.379 e. The summed E-state index contributed by atoms with van der Waals surface area (Å²) in [5.74, 6) is 0.734. The van der Waals surface area contributed by atoms with Crippen LogP contribution in [0.25, 0.3) is 28.1 Å². The zero-order chi connectivity index (χ0) is 20.0. The number of hydrogen-bond acceptors (Lipinski definition) is 5. The van der Waals surface area contributed by atoms with Crippen LogP contribution in [-0.2, 0) is 11.3 Å². The molecule has 4 heterocycles. The Morgan fingerprint density at radius 2 is 1.72 bits per heavy atom. The fourth-order valence-electron chi connectivity index (χ4n) is 4.10. The standard InChI is InChI=1S/C22H26N6O/c1-15-4-6-18(7-5-15)20-24-22-19-16(2)17(3)27(21(19)23-14-28(22)25-20)9-8-26-10-12-29-13-11-26/h4-7,14H,8-13H2,1-3H3. The lowest BCUT2D eigenvalue weighted by atomic mass is 10.1. The Kier molecular flexibility index (Phi) is 4.56. The summed E-state index contributed by atoms with van der Waals surface area (Å²) >= 11 is 0. The molecule has 1 aromatic carbocycles. The highest BCUT2D eigenvalue weighted by Gasteiger charge is 2.19. The van der Waals surface area contributed by atoms with E-state index >= 15 is 0 Å². The van der Waals surface area contributed by atoms with Gasteiger partial charge in [-0.15, -0.1) is 5.10 Å². The summed E-state index contributed by atoms with van der Waals surface area (Å²) in [6.07, 6.45) is 1.78. The van der Waals surface area contributed by atoms with Crippen molar-refractivity contribution < 1.29 is 4.74 Å². The van der Waals surface area contributed by atoms with Gasteiger partial charge in [-0.25, -0.2) is 14.5 Å². The van der Waals surface area contributed by atoms with Gasteiger partial charge in [-0.3, -0.25) is 4.90 Å². The van der Waals surface area contributed by atoms with E-state index in [1.165, 1.54) is 16.8 Å². The Hall–Kier alpha value is -2.77. The number of fused-ring (bicyclic) bond motifs is 3. The highest BCUT2D eigenvalue weighted by atomic mass is 16.5. The van der Waals surface area contributed by atoms with Crippen LogP contribution in [0.1, 0.15) is 16.8 Å². The minimum absolute atomic E-state index is 0.734. The van der Waals surface area contributed by atoms with Gasteiger partial charge in [-0.2, -0.15) is 0 Å². The van der Waals surface area contributed by atoms with Crippen LogP contribution in [0.15, 0.2) is 30.6 Å². The quantitative estimate of drug-likeness (QED) is 0.536. The Balaban J connectivity index is 1.55. The molecule has 0 unspecified atom stereocenters. The second kappa shape index (κ2) is 7.24. The number of aromatic nitrogens is 5. The van der Waals surface area contributed by atoms with Crippen molar-refractivity contribution in [2.75, 3.05) is 32.8 Å². The van der Waals surface area contributed by atoms with Crippen LogP contribution in [0.5, 0.6) is 0 Å². The number of morpholine rings is 1. The molecule has 0 spiro atoms. The van der Waals surface area contributed by atoms with E-state index < -0.39 is 0 Å². The monoisotopic (exact) mass is 390 g/mol. The third kappa shape index (κ3) is 3.20. The molecule has 0 N–H and O–H groups in total. The number of nitrogens with zero attached hydrogens (tertiary/aromatic N) is 6. The van der Waals surface area contributed by atoms with Crippen molar-refractivity contribution >= 4 is 16.7 Å². The normalized spacial score (nSPS) is 15.6. The predicted molar refractivity (Wildman–Crippen MR) is 113 cm³/mol. The van der Waals surface area contributed by atoms with Crippen molar-refractivity contribution in [3.63, 3.8) is 0 Å². The first-order chi connectivity index (χ1) is 14.1. The SMILES string of the molecule is Cc1ccc(-c2nc3c4c(C)c(C)n(CCN5CCOCC5)c4ncn3n2)cc1. The van der Waals surface area contributed by atoms with Crippen LogP contribution in [0.4, 0.5) is 0 Å². The zero-order valence-corrected chi connectivity index (χ0v) is 17.2. The summed E-state index contributed by atoms with van der Waals surface area (Å²) in [7, 11) is 0. The summed E-state index contributed by atoms with van der Waals surface area (Å²) in [6, 6.07) is 8.32. The molecule has 0 atom stereocenters. The molecular formula is C22H26N6O. The zero-order valence-electron chi connectivity index (χ0n) is 17.2. The van der Waals surface area contributed by atoms with Crippen LogP contribution in [0, 0.1) is 20.8 Å². The second-order valence-electron chi connectivity index (χ2n) is 7.83. The van der Waals surface area contributed by atoms with Gasteiger partial charge in [0, 0.05) is 37.4 Å². The van der Waals surface area contributed by atoms with Crippen molar-refractivity contribution in [1.82, 2.24) is 29.0 Å². The first kappa shape index (κ1) is 18.3. The van der Waals surface area contributed by atoms with Crippen LogP contribution in [0.2, 0.25) is 0 Å². The van der Waals surface area contributed by atoms with Crippen molar-refractivity contribution in [3.8, 4) is 11.4 Å². The Labute approximate surface area is 169 Å². The number of benzene rings is 1. The van der Waals surface area contributed by atoms with Gasteiger partial charge in [0.25, 0.3) is 0 Å². The molecule has 0 bridgehead atoms. The number of ether oxygens (including phenoxy) is 1. The van der Waals surface area contributed by atoms with Crippen LogP contribution in [0.3, 0.4) is 0 Å². The second-order valence-corrected chi connectivity index (χ2v) is 7.83. The molecule has 4 aromatic rings. The van der Waals surface area contributed by atoms with E-state index in [1.807, 2.05) is 0 Å². The first-order valence-corrected chi connectivity index (χ1v) is 10.2. The van der Waals surface area contributed by atoms with Crippen molar-refractivity contribution in [2.24, 2.45) is 0 Å². The van der Waals surface area contributed by atoms with E-state index in [2.05, 4.69) is 59.6 Å². The smallest absolute Gasteiger partial charge is 0.182 e. The molecule has 0 radical (unpaired) electrons. The van der Waals surface area contributed by atoms with E-state index in [9.17, 15) is 0 Å². The first-order valence-electron chi connectivity index (χ1n) is 10.2. The van der Waals surface area contributed by atoms with Gasteiger partial charge in [-0.05, 0) is 26.3 Å². The molecule has 150 valence electrons. The lowest BCUT2D eigenvalue weighted by Crippen LogP contribution is -2.38. The van der Waals surface area contributed by atoms with Crippen molar-refractivity contribution in [2.45, 2.75) is 27.3 Å². The third-order valence-corrected chi connectivity index (χ3v) is 6.00. The van der Waals surface area contributed by atoms with Crippen molar-refractivity contribution in [1.29, 1.82) is 0 Å². The van der Waals surface area contributed by atoms with E-state index in [1.54, 1.807) is 10.8 Å². The predicted octanol–water partition coefficient (Wildman–Crippen LogP) is 3.00. The maximum atomic E-state index is 5.46. The highest BCUT2D eigenvalue weighted by Crippen LogP contribution is 2.28. The maximum absolute atomic E-state index is 5.46. The molecule has 7 nitrogen and oxygen atoms in total. The molecule has 29 heavy (non-hydrogen) atoms. The molecule has 0 amide bonds. The number of aryl methyl sites for hydroxylation is 2. The summed E-state index contributed by atoms with van der Waals surface area (Å²) < 4.78 is 9.59. The lowest BCUT2D eigenvalue weighted by molar-refractivity contribution is 0.0364. The van der Waals surface area contributed by atoms with E-state index in [4.69, 9.17) is 14.7 Å². The average molecular weight is 390 g/mol. The van der Waals surface area contributed by atoms with Gasteiger partial charge in [0.2, 0.25) is 0 Å². The van der Waals surface area contributed by atoms with Gasteiger partial charge in [0.1, 0.15) is 12.0 Å². The Morgan fingerprint density at radius 3 is 2.48 bits per heavy atom. The number of hydrogen-bond donors (Lipinski definition) is 0. The summed E-state index contributed by atoms with van der Waals surface area (Å²) in [5, 5.41) is 5.77. The fourth-order valence-corrected chi connectivity index (χ4v) is 4.10. The van der Waals surface area contributed by atoms with E-state index in [-0.39, 0.29) is 0 Å². The third-order valence-electron chi connectivity index (χ3n) is 6.00. The molecule has 3 aromatic heterocycles. The van der Waals surface area contributed by atoms with Crippen LogP contribution < -0.4 is 0 Å². The Bertz CT molecular complexity index is 1170. The molecule has 5 rings (SSSR count). The van der Waals surface area contributed by atoms with E-state index in [0.717, 1.165) is 67.5 Å². The molecule has 1 saturated heterocycles. The molecule has 0 saturated carbocycles. The molecule has 0 aliphatic carbocycles. The lowest BCUT2D eigenvalue weighted by Gasteiger charge is -2.26. The highest BCUT2D eigenvalue weighted by molar-refractivity contribution is 5.94. The van der Waals surface area contributed by atoms with E-state index in [0.29, 0.717) is 0 Å². The molecule has 1 fully saturated rings. The minimum Gasteiger partial charge on any atom is -0.379 e.